The van der Waals surface area contributed by atoms with Gasteiger partial charge in [-0.15, -0.1) is 0 Å². The molecule has 0 fully saturated rings. The first-order valence-corrected chi connectivity index (χ1v) is 17.7. The van der Waals surface area contributed by atoms with E-state index in [-0.39, 0.29) is 26.3 Å². The molecular formula is C36H34ClN5O7S. The van der Waals surface area contributed by atoms with Crippen LogP contribution in [0, 0.1) is 18.3 Å². The van der Waals surface area contributed by atoms with Gasteiger partial charge in [0.15, 0.2) is 17.3 Å². The van der Waals surface area contributed by atoms with Crippen LogP contribution >= 0.6 is 11.6 Å². The maximum atomic E-state index is 11.7. The van der Waals surface area contributed by atoms with Crippen molar-refractivity contribution >= 4 is 27.5 Å². The van der Waals surface area contributed by atoms with Crippen LogP contribution in [0.2, 0.25) is 5.02 Å². The van der Waals surface area contributed by atoms with Crippen LogP contribution in [-0.2, 0) is 36.9 Å². The fourth-order valence-corrected chi connectivity index (χ4v) is 6.22. The predicted octanol–water partition coefficient (Wildman–Crippen LogP) is 6.14. The van der Waals surface area contributed by atoms with E-state index in [1.807, 2.05) is 43.3 Å². The average molecular weight is 716 g/mol. The summed E-state index contributed by atoms with van der Waals surface area (Å²) in [5, 5.41) is 14.1. The van der Waals surface area contributed by atoms with Crippen LogP contribution in [0.15, 0.2) is 79.3 Å². The van der Waals surface area contributed by atoms with Crippen LogP contribution in [0.3, 0.4) is 0 Å². The minimum absolute atomic E-state index is 0.0434. The van der Waals surface area contributed by atoms with Crippen LogP contribution < -0.4 is 23.8 Å². The topological polar surface area (TPSA) is 149 Å². The van der Waals surface area contributed by atoms with Crippen LogP contribution in [0.1, 0.15) is 27.8 Å². The average Bonchev–Trinajstić information content (AvgIpc) is 3.55. The highest BCUT2D eigenvalue weighted by Crippen LogP contribution is 2.38. The fourth-order valence-electron chi connectivity index (χ4n) is 5.53. The van der Waals surface area contributed by atoms with E-state index in [4.69, 9.17) is 30.5 Å². The van der Waals surface area contributed by atoms with Crippen molar-refractivity contribution in [2.24, 2.45) is 7.05 Å². The summed E-state index contributed by atoms with van der Waals surface area (Å²) >= 11 is 6.82. The molecule has 3 aromatic carbocycles. The fraction of sp³-hybridized carbons (Fsp3) is 0.250. The van der Waals surface area contributed by atoms with Gasteiger partial charge in [-0.05, 0) is 53.4 Å². The molecule has 0 spiro atoms. The molecule has 5 aromatic rings. The van der Waals surface area contributed by atoms with Crippen molar-refractivity contribution in [3.63, 3.8) is 0 Å². The summed E-state index contributed by atoms with van der Waals surface area (Å²) in [4.78, 5) is 5.83. The van der Waals surface area contributed by atoms with Crippen LogP contribution in [-0.4, -0.2) is 53.2 Å². The zero-order valence-corrected chi connectivity index (χ0v) is 28.9. The molecule has 0 saturated carbocycles. The third-order valence-corrected chi connectivity index (χ3v) is 9.11. The van der Waals surface area contributed by atoms with Crippen LogP contribution in [0.5, 0.6) is 23.0 Å². The Morgan fingerprint density at radius 3 is 2.56 bits per heavy atom. The number of halogens is 1. The second kappa shape index (κ2) is 15.1. The van der Waals surface area contributed by atoms with E-state index in [1.54, 1.807) is 53.3 Å². The summed E-state index contributed by atoms with van der Waals surface area (Å²) in [6.07, 6.45) is 4.81. The van der Waals surface area contributed by atoms with Gasteiger partial charge >= 0.3 is 0 Å². The van der Waals surface area contributed by atoms with Gasteiger partial charge in [0.2, 0.25) is 0 Å². The lowest BCUT2D eigenvalue weighted by Crippen LogP contribution is -2.29. The van der Waals surface area contributed by atoms with Crippen molar-refractivity contribution in [1.29, 1.82) is 5.26 Å². The highest BCUT2D eigenvalue weighted by Gasteiger charge is 2.20. The van der Waals surface area contributed by atoms with Gasteiger partial charge in [0.05, 0.1) is 16.3 Å². The number of aromatic nitrogens is 3. The van der Waals surface area contributed by atoms with Gasteiger partial charge in [0, 0.05) is 62.0 Å². The van der Waals surface area contributed by atoms with Crippen molar-refractivity contribution in [2.75, 3.05) is 30.4 Å². The number of anilines is 1. The molecular weight excluding hydrogens is 682 g/mol. The van der Waals surface area contributed by atoms with E-state index < -0.39 is 15.9 Å². The normalized spacial score (nSPS) is 12.3. The predicted molar refractivity (Wildman–Crippen MR) is 187 cm³/mol. The molecule has 0 saturated heterocycles. The third-order valence-electron chi connectivity index (χ3n) is 8.12. The van der Waals surface area contributed by atoms with Gasteiger partial charge in [-0.25, -0.2) is 0 Å². The lowest BCUT2D eigenvalue weighted by molar-refractivity contribution is 0.171. The van der Waals surface area contributed by atoms with E-state index in [1.165, 1.54) is 6.20 Å². The number of benzene rings is 3. The van der Waals surface area contributed by atoms with E-state index in [9.17, 15) is 18.2 Å². The van der Waals surface area contributed by atoms with Gasteiger partial charge in [-0.1, -0.05) is 35.9 Å². The molecule has 1 N–H and O–H groups in total. The van der Waals surface area contributed by atoms with Crippen molar-refractivity contribution in [1.82, 2.24) is 14.8 Å². The highest BCUT2D eigenvalue weighted by molar-refractivity contribution is 7.85. The third kappa shape index (κ3) is 8.46. The van der Waals surface area contributed by atoms with Crippen LogP contribution in [0.4, 0.5) is 5.82 Å². The van der Waals surface area contributed by atoms with Gasteiger partial charge < -0.3 is 23.8 Å². The Kier molecular flexibility index (Phi) is 10.4. The maximum Gasteiger partial charge on any atom is 0.266 e. The minimum atomic E-state index is -4.25. The number of rotatable bonds is 13. The van der Waals surface area contributed by atoms with E-state index in [0.29, 0.717) is 58.0 Å². The lowest BCUT2D eigenvalue weighted by Gasteiger charge is -2.24. The minimum Gasteiger partial charge on any atom is -0.488 e. The first-order chi connectivity index (χ1) is 24.1. The highest BCUT2D eigenvalue weighted by atomic mass is 35.5. The van der Waals surface area contributed by atoms with Gasteiger partial charge in [0.1, 0.15) is 44.0 Å². The van der Waals surface area contributed by atoms with Gasteiger partial charge in [-0.2, -0.15) is 18.8 Å². The second-order valence-corrected chi connectivity index (χ2v) is 13.6. The first kappa shape index (κ1) is 34.6. The smallest absolute Gasteiger partial charge is 0.266 e. The quantitative estimate of drug-likeness (QED) is 0.140. The number of pyridine rings is 1. The Balaban J connectivity index is 1.28. The largest absolute Gasteiger partial charge is 0.488 e. The molecule has 50 heavy (non-hydrogen) atoms. The summed E-state index contributed by atoms with van der Waals surface area (Å²) in [7, 11) is -2.50. The van der Waals surface area contributed by atoms with Gasteiger partial charge in [0.25, 0.3) is 10.1 Å². The molecule has 6 rings (SSSR count). The molecule has 258 valence electrons. The summed E-state index contributed by atoms with van der Waals surface area (Å²) < 4.78 is 58.5. The van der Waals surface area contributed by atoms with E-state index >= 15 is 0 Å². The Morgan fingerprint density at radius 2 is 1.80 bits per heavy atom. The summed E-state index contributed by atoms with van der Waals surface area (Å²) in [5.41, 5.74) is 5.69. The molecule has 1 aliphatic heterocycles. The number of hydrogen-bond acceptors (Lipinski definition) is 10. The molecule has 2 aromatic heterocycles. The number of fused-ring (bicyclic) bond motifs is 1. The Bertz CT molecular complexity index is 2170. The van der Waals surface area contributed by atoms with Crippen molar-refractivity contribution < 1.29 is 31.9 Å². The number of nitriles is 1. The SMILES string of the molecule is Cc1c(COc2cc(OCc3cncc(C#N)c3)c(CN(CCS(=O)(=O)O)c3ccn(C)n3)cc2Cl)cccc1-c1ccc2c(c1)OCCO2. The van der Waals surface area contributed by atoms with Crippen molar-refractivity contribution in [3.05, 3.63) is 112 Å². The molecule has 0 unspecified atom stereocenters. The number of hydrogen-bond donors (Lipinski definition) is 1. The molecule has 3 heterocycles. The number of nitrogens with zero attached hydrogens (tertiary/aromatic N) is 5. The van der Waals surface area contributed by atoms with Crippen molar-refractivity contribution in [2.45, 2.75) is 26.7 Å². The van der Waals surface area contributed by atoms with Crippen LogP contribution in [0.25, 0.3) is 11.1 Å². The summed E-state index contributed by atoms with van der Waals surface area (Å²) in [6, 6.07) is 20.8. The van der Waals surface area contributed by atoms with Crippen molar-refractivity contribution in [3.8, 4) is 40.2 Å². The maximum absolute atomic E-state index is 11.7. The monoisotopic (exact) mass is 715 g/mol. The molecule has 1 aliphatic rings. The van der Waals surface area contributed by atoms with E-state index in [0.717, 1.165) is 28.0 Å². The second-order valence-electron chi connectivity index (χ2n) is 11.7. The zero-order valence-electron chi connectivity index (χ0n) is 27.4. The standard InChI is InChI=1S/C36H34ClN5O7S/c1-24-28(4-3-5-30(24)27-6-7-32-35(16-27)47-12-11-46-32)23-49-34-17-33(48-22-26-14-25(18-38)19-39-20-26)29(15-31(34)37)21-42(10-13-50(43,44)45)36-8-9-41(2)40-36/h3-9,14-17,19-20H,10-13,21-23H2,1-2H3,(H,43,44,45). The zero-order chi connectivity index (χ0) is 35.3. The Hall–Kier alpha value is -5.29. The molecule has 0 atom stereocenters. The lowest BCUT2D eigenvalue weighted by atomic mass is 9.96. The van der Waals surface area contributed by atoms with E-state index in [2.05, 4.69) is 16.2 Å². The molecule has 0 radical (unpaired) electrons. The summed E-state index contributed by atoms with van der Waals surface area (Å²) in [5.74, 6) is 2.22. The first-order valence-electron chi connectivity index (χ1n) is 15.7. The summed E-state index contributed by atoms with van der Waals surface area (Å²) in [6.45, 7) is 3.47. The number of ether oxygens (including phenoxy) is 4. The molecule has 12 nitrogen and oxygen atoms in total. The molecule has 0 amide bonds. The number of aryl methyl sites for hydroxylation is 1. The van der Waals surface area contributed by atoms with Gasteiger partial charge in [-0.3, -0.25) is 14.2 Å². The Labute approximate surface area is 295 Å². The molecule has 14 heteroatoms. The Morgan fingerprint density at radius 1 is 1.00 bits per heavy atom. The molecule has 0 bridgehead atoms. The molecule has 0 aliphatic carbocycles.